The Hall–Kier alpha value is -3.22. The van der Waals surface area contributed by atoms with Gasteiger partial charge in [0.25, 0.3) is 0 Å². The maximum Gasteiger partial charge on any atom is 0.222 e. The van der Waals surface area contributed by atoms with Gasteiger partial charge in [0.15, 0.2) is 17.5 Å². The van der Waals surface area contributed by atoms with E-state index in [1.165, 1.54) is 0 Å². The number of likely N-dealkylation sites (tertiary alicyclic amines) is 1. The molecule has 0 aliphatic carbocycles. The number of carbonyl (C=O) groups excluding carboxylic acids is 1. The van der Waals surface area contributed by atoms with Gasteiger partial charge in [-0.3, -0.25) is 4.79 Å². The summed E-state index contributed by atoms with van der Waals surface area (Å²) in [6, 6.07) is 14.3. The fraction of sp³-hybridized carbons (Fsp3) is 0.440. The molecule has 0 aromatic heterocycles. The zero-order valence-corrected chi connectivity index (χ0v) is 19.3. The quantitative estimate of drug-likeness (QED) is 0.440. The van der Waals surface area contributed by atoms with Crippen LogP contribution in [0.2, 0.25) is 0 Å². The first-order valence-corrected chi connectivity index (χ1v) is 11.2. The Morgan fingerprint density at radius 1 is 1.00 bits per heavy atom. The van der Waals surface area contributed by atoms with Crippen LogP contribution in [0.5, 0.6) is 11.5 Å². The molecule has 172 valence electrons. The van der Waals surface area contributed by atoms with Crippen molar-refractivity contribution in [2.24, 2.45) is 4.99 Å². The molecule has 0 radical (unpaired) electrons. The minimum atomic E-state index is 0.258. The monoisotopic (exact) mass is 438 g/mol. The summed E-state index contributed by atoms with van der Waals surface area (Å²) in [6.07, 6.45) is 2.49. The van der Waals surface area contributed by atoms with E-state index in [0.717, 1.165) is 66.6 Å². The number of amides is 1. The summed E-state index contributed by atoms with van der Waals surface area (Å²) in [6.45, 7) is 5.76. The highest BCUT2D eigenvalue weighted by atomic mass is 16.5. The van der Waals surface area contributed by atoms with E-state index < -0.39 is 0 Å². The van der Waals surface area contributed by atoms with Gasteiger partial charge in [-0.1, -0.05) is 30.3 Å². The second kappa shape index (κ2) is 12.0. The van der Waals surface area contributed by atoms with Gasteiger partial charge in [-0.05, 0) is 48.6 Å². The summed E-state index contributed by atoms with van der Waals surface area (Å²) >= 11 is 0. The lowest BCUT2D eigenvalue weighted by atomic mass is 10.1. The SMILES string of the molecule is CCNC(=NCc1ccc(CN2CCCC2=O)cc1)NCCc1ccc(OC)c(OC)c1. The molecule has 7 heteroatoms. The summed E-state index contributed by atoms with van der Waals surface area (Å²) in [7, 11) is 3.29. The van der Waals surface area contributed by atoms with Crippen LogP contribution in [-0.2, 0) is 24.3 Å². The van der Waals surface area contributed by atoms with Gasteiger partial charge in [-0.25, -0.2) is 4.99 Å². The van der Waals surface area contributed by atoms with Crippen molar-refractivity contribution in [3.63, 3.8) is 0 Å². The molecule has 0 saturated carbocycles. The molecule has 7 nitrogen and oxygen atoms in total. The second-order valence-electron chi connectivity index (χ2n) is 7.80. The summed E-state index contributed by atoms with van der Waals surface area (Å²) in [4.78, 5) is 18.4. The van der Waals surface area contributed by atoms with E-state index in [2.05, 4.69) is 41.8 Å². The lowest BCUT2D eigenvalue weighted by molar-refractivity contribution is -0.128. The number of guanidine groups is 1. The first-order chi connectivity index (χ1) is 15.6. The van der Waals surface area contributed by atoms with Crippen LogP contribution in [0, 0.1) is 0 Å². The van der Waals surface area contributed by atoms with E-state index in [-0.39, 0.29) is 5.91 Å². The first kappa shape index (κ1) is 23.4. The number of nitrogens with zero attached hydrogens (tertiary/aromatic N) is 2. The van der Waals surface area contributed by atoms with E-state index in [1.807, 2.05) is 23.1 Å². The van der Waals surface area contributed by atoms with Crippen molar-refractivity contribution in [1.29, 1.82) is 0 Å². The van der Waals surface area contributed by atoms with Crippen molar-refractivity contribution in [1.82, 2.24) is 15.5 Å². The average molecular weight is 439 g/mol. The minimum Gasteiger partial charge on any atom is -0.493 e. The number of aliphatic imine (C=N–C) groups is 1. The molecule has 0 spiro atoms. The predicted molar refractivity (Wildman–Crippen MR) is 127 cm³/mol. The molecule has 1 heterocycles. The van der Waals surface area contributed by atoms with Crippen molar-refractivity contribution in [2.75, 3.05) is 33.9 Å². The van der Waals surface area contributed by atoms with Crippen LogP contribution in [0.4, 0.5) is 0 Å². The number of benzene rings is 2. The molecule has 3 rings (SSSR count). The average Bonchev–Trinajstić information content (AvgIpc) is 3.22. The summed E-state index contributed by atoms with van der Waals surface area (Å²) in [5.41, 5.74) is 3.46. The molecule has 0 unspecified atom stereocenters. The first-order valence-electron chi connectivity index (χ1n) is 11.2. The van der Waals surface area contributed by atoms with Crippen LogP contribution in [0.15, 0.2) is 47.5 Å². The normalized spacial score (nSPS) is 13.9. The topological polar surface area (TPSA) is 75.2 Å². The van der Waals surface area contributed by atoms with Gasteiger partial charge in [0, 0.05) is 32.6 Å². The molecule has 1 aliphatic heterocycles. The lowest BCUT2D eigenvalue weighted by Crippen LogP contribution is -2.38. The Morgan fingerprint density at radius 3 is 2.38 bits per heavy atom. The zero-order chi connectivity index (χ0) is 22.8. The van der Waals surface area contributed by atoms with Gasteiger partial charge >= 0.3 is 0 Å². The molecular formula is C25H34N4O3. The molecule has 0 bridgehead atoms. The molecule has 32 heavy (non-hydrogen) atoms. The predicted octanol–water partition coefficient (Wildman–Crippen LogP) is 3.12. The molecule has 1 amide bonds. The molecule has 1 aliphatic rings. The third kappa shape index (κ3) is 6.64. The Morgan fingerprint density at radius 2 is 1.72 bits per heavy atom. The number of nitrogens with one attached hydrogen (secondary N) is 2. The Balaban J connectivity index is 1.51. The van der Waals surface area contributed by atoms with Crippen LogP contribution < -0.4 is 20.1 Å². The largest absolute Gasteiger partial charge is 0.493 e. The molecule has 0 atom stereocenters. The fourth-order valence-electron chi connectivity index (χ4n) is 3.72. The van der Waals surface area contributed by atoms with E-state index in [0.29, 0.717) is 19.5 Å². The molecule has 2 aromatic rings. The van der Waals surface area contributed by atoms with Crippen LogP contribution in [0.3, 0.4) is 0 Å². The van der Waals surface area contributed by atoms with Crippen molar-refractivity contribution in [3.8, 4) is 11.5 Å². The van der Waals surface area contributed by atoms with E-state index in [9.17, 15) is 4.79 Å². The van der Waals surface area contributed by atoms with Crippen LogP contribution in [-0.4, -0.2) is 50.6 Å². The minimum absolute atomic E-state index is 0.258. The number of methoxy groups -OCH3 is 2. The van der Waals surface area contributed by atoms with Gasteiger partial charge in [0.2, 0.25) is 5.91 Å². The van der Waals surface area contributed by atoms with Crippen LogP contribution >= 0.6 is 0 Å². The fourth-order valence-corrected chi connectivity index (χ4v) is 3.72. The standard InChI is InChI=1S/C25H34N4O3/c1-4-26-25(27-14-13-19-11-12-22(31-2)23(16-19)32-3)28-17-20-7-9-21(10-8-20)18-29-15-5-6-24(29)30/h7-12,16H,4-6,13-15,17-18H2,1-3H3,(H2,26,27,28). The van der Waals surface area contributed by atoms with Crippen molar-refractivity contribution < 1.29 is 14.3 Å². The van der Waals surface area contributed by atoms with Crippen LogP contribution in [0.1, 0.15) is 36.5 Å². The Labute approximate surface area is 190 Å². The smallest absolute Gasteiger partial charge is 0.222 e. The molecule has 1 fully saturated rings. The highest BCUT2D eigenvalue weighted by Crippen LogP contribution is 2.27. The van der Waals surface area contributed by atoms with Crippen molar-refractivity contribution in [2.45, 2.75) is 39.3 Å². The van der Waals surface area contributed by atoms with Crippen LogP contribution in [0.25, 0.3) is 0 Å². The number of ether oxygens (including phenoxy) is 2. The second-order valence-corrected chi connectivity index (χ2v) is 7.80. The lowest BCUT2D eigenvalue weighted by Gasteiger charge is -2.15. The number of rotatable bonds is 10. The van der Waals surface area contributed by atoms with Gasteiger partial charge in [0.1, 0.15) is 0 Å². The number of hydrogen-bond acceptors (Lipinski definition) is 4. The third-order valence-electron chi connectivity index (χ3n) is 5.49. The molecule has 1 saturated heterocycles. The van der Waals surface area contributed by atoms with E-state index >= 15 is 0 Å². The third-order valence-corrected chi connectivity index (χ3v) is 5.49. The molecule has 2 aromatic carbocycles. The van der Waals surface area contributed by atoms with Gasteiger partial charge in [0.05, 0.1) is 20.8 Å². The van der Waals surface area contributed by atoms with Gasteiger partial charge in [-0.2, -0.15) is 0 Å². The maximum absolute atomic E-state index is 11.8. The van der Waals surface area contributed by atoms with E-state index in [4.69, 9.17) is 14.5 Å². The molecule has 2 N–H and O–H groups in total. The maximum atomic E-state index is 11.8. The zero-order valence-electron chi connectivity index (χ0n) is 19.3. The Kier molecular flexibility index (Phi) is 8.78. The molecular weight excluding hydrogens is 404 g/mol. The van der Waals surface area contributed by atoms with Crippen molar-refractivity contribution in [3.05, 3.63) is 59.2 Å². The van der Waals surface area contributed by atoms with Gasteiger partial charge in [-0.15, -0.1) is 0 Å². The van der Waals surface area contributed by atoms with Crippen molar-refractivity contribution >= 4 is 11.9 Å². The van der Waals surface area contributed by atoms with Gasteiger partial charge < -0.3 is 25.0 Å². The summed E-state index contributed by atoms with van der Waals surface area (Å²) in [5.74, 6) is 2.52. The van der Waals surface area contributed by atoms with E-state index in [1.54, 1.807) is 14.2 Å². The Bertz CT molecular complexity index is 912. The number of hydrogen-bond donors (Lipinski definition) is 2. The highest BCUT2D eigenvalue weighted by Gasteiger charge is 2.19. The summed E-state index contributed by atoms with van der Waals surface area (Å²) in [5, 5.41) is 6.69. The number of carbonyl (C=O) groups is 1. The summed E-state index contributed by atoms with van der Waals surface area (Å²) < 4.78 is 10.7. The highest BCUT2D eigenvalue weighted by molar-refractivity contribution is 5.79.